The number of nitrogens with zero attached hydrogens (tertiary/aromatic N) is 3. The van der Waals surface area contributed by atoms with Crippen molar-refractivity contribution in [1.29, 1.82) is 0 Å². The minimum absolute atomic E-state index is 0.130. The first-order chi connectivity index (χ1) is 12.0. The van der Waals surface area contributed by atoms with Gasteiger partial charge in [-0.05, 0) is 37.8 Å². The fourth-order valence-electron chi connectivity index (χ4n) is 3.09. The number of hydrogen-bond acceptors (Lipinski definition) is 4. The monoisotopic (exact) mass is 342 g/mol. The molecule has 1 aliphatic heterocycles. The van der Waals surface area contributed by atoms with Crippen LogP contribution in [0.2, 0.25) is 0 Å². The number of rotatable bonds is 4. The van der Waals surface area contributed by atoms with Gasteiger partial charge in [-0.3, -0.25) is 4.79 Å². The fourth-order valence-corrected chi connectivity index (χ4v) is 3.09. The number of carbonyl (C=O) groups excluding carboxylic acids is 1. The van der Waals surface area contributed by atoms with Crippen LogP contribution in [0, 0.1) is 18.7 Å². The molecule has 1 amide bonds. The summed E-state index contributed by atoms with van der Waals surface area (Å²) in [5.41, 5.74) is 1.52. The third kappa shape index (κ3) is 4.32. The standard InChI is InChI=1S/C19H23FN4O/c1-13-6-5-9-24(12-13)19-22-14(2)10-17(23-19)18(25)21-11-15-7-3-4-8-16(15)20/h3-4,7-8,10,13H,5-6,9,11-12H2,1-2H3,(H,21,25). The first-order valence-corrected chi connectivity index (χ1v) is 8.65. The molecule has 1 N–H and O–H groups in total. The van der Waals surface area contributed by atoms with E-state index in [-0.39, 0.29) is 18.3 Å². The van der Waals surface area contributed by atoms with E-state index >= 15 is 0 Å². The number of nitrogens with one attached hydrogen (secondary N) is 1. The Labute approximate surface area is 147 Å². The molecule has 1 atom stereocenters. The average molecular weight is 342 g/mol. The lowest BCUT2D eigenvalue weighted by molar-refractivity contribution is 0.0945. The molecule has 1 unspecified atom stereocenters. The molecule has 25 heavy (non-hydrogen) atoms. The third-order valence-corrected chi connectivity index (χ3v) is 4.41. The highest BCUT2D eigenvalue weighted by atomic mass is 19.1. The summed E-state index contributed by atoms with van der Waals surface area (Å²) in [6.07, 6.45) is 2.31. The van der Waals surface area contributed by atoms with Gasteiger partial charge in [0.2, 0.25) is 5.95 Å². The van der Waals surface area contributed by atoms with Gasteiger partial charge in [-0.1, -0.05) is 25.1 Å². The first-order valence-electron chi connectivity index (χ1n) is 8.65. The molecule has 1 saturated heterocycles. The van der Waals surface area contributed by atoms with E-state index in [4.69, 9.17) is 0 Å². The van der Waals surface area contributed by atoms with Crippen molar-refractivity contribution in [2.45, 2.75) is 33.2 Å². The highest BCUT2D eigenvalue weighted by molar-refractivity contribution is 5.92. The van der Waals surface area contributed by atoms with Crippen LogP contribution in [0.1, 0.15) is 41.5 Å². The molecule has 0 spiro atoms. The predicted octanol–water partition coefficient (Wildman–Crippen LogP) is 3.09. The van der Waals surface area contributed by atoms with Crippen molar-refractivity contribution in [1.82, 2.24) is 15.3 Å². The van der Waals surface area contributed by atoms with Crippen LogP contribution < -0.4 is 10.2 Å². The van der Waals surface area contributed by atoms with E-state index in [1.165, 1.54) is 12.5 Å². The zero-order valence-electron chi connectivity index (χ0n) is 14.6. The number of benzene rings is 1. The maximum atomic E-state index is 13.7. The Hall–Kier alpha value is -2.50. The highest BCUT2D eigenvalue weighted by Crippen LogP contribution is 2.20. The summed E-state index contributed by atoms with van der Waals surface area (Å²) in [4.78, 5) is 23.5. The van der Waals surface area contributed by atoms with Gasteiger partial charge in [0.25, 0.3) is 5.91 Å². The van der Waals surface area contributed by atoms with Crippen LogP contribution in [-0.4, -0.2) is 29.0 Å². The van der Waals surface area contributed by atoms with E-state index in [1.54, 1.807) is 24.3 Å². The second kappa shape index (κ2) is 7.59. The average Bonchev–Trinajstić information content (AvgIpc) is 2.60. The summed E-state index contributed by atoms with van der Waals surface area (Å²) in [5, 5.41) is 2.73. The number of carbonyl (C=O) groups is 1. The third-order valence-electron chi connectivity index (χ3n) is 4.41. The zero-order chi connectivity index (χ0) is 17.8. The highest BCUT2D eigenvalue weighted by Gasteiger charge is 2.20. The van der Waals surface area contributed by atoms with Crippen LogP contribution in [-0.2, 0) is 6.54 Å². The molecule has 2 heterocycles. The quantitative estimate of drug-likeness (QED) is 0.928. The van der Waals surface area contributed by atoms with Crippen molar-refractivity contribution in [2.75, 3.05) is 18.0 Å². The van der Waals surface area contributed by atoms with Crippen molar-refractivity contribution < 1.29 is 9.18 Å². The minimum atomic E-state index is -0.329. The summed E-state index contributed by atoms with van der Waals surface area (Å²) >= 11 is 0. The molecule has 0 radical (unpaired) electrons. The van der Waals surface area contributed by atoms with Crippen molar-refractivity contribution in [3.8, 4) is 0 Å². The molecular weight excluding hydrogens is 319 g/mol. The summed E-state index contributed by atoms with van der Waals surface area (Å²) in [5.74, 6) is 0.545. The molecule has 5 nitrogen and oxygen atoms in total. The molecule has 1 aromatic heterocycles. The number of anilines is 1. The Morgan fingerprint density at radius 1 is 1.36 bits per heavy atom. The lowest BCUT2D eigenvalue weighted by Gasteiger charge is -2.31. The minimum Gasteiger partial charge on any atom is -0.347 e. The van der Waals surface area contributed by atoms with Gasteiger partial charge < -0.3 is 10.2 Å². The lowest BCUT2D eigenvalue weighted by atomic mass is 10.0. The van der Waals surface area contributed by atoms with Crippen LogP contribution >= 0.6 is 0 Å². The molecule has 1 aromatic carbocycles. The van der Waals surface area contributed by atoms with Gasteiger partial charge in [-0.2, -0.15) is 0 Å². The van der Waals surface area contributed by atoms with Gasteiger partial charge in [-0.15, -0.1) is 0 Å². The second-order valence-corrected chi connectivity index (χ2v) is 6.66. The number of halogens is 1. The SMILES string of the molecule is Cc1cc(C(=O)NCc2ccccc2F)nc(N2CCCC(C)C2)n1. The number of aryl methyl sites for hydroxylation is 1. The van der Waals surface area contributed by atoms with Gasteiger partial charge in [-0.25, -0.2) is 14.4 Å². The maximum Gasteiger partial charge on any atom is 0.270 e. The number of hydrogen-bond donors (Lipinski definition) is 1. The Bertz CT molecular complexity index is 765. The topological polar surface area (TPSA) is 58.1 Å². The van der Waals surface area contributed by atoms with Crippen LogP contribution in [0.5, 0.6) is 0 Å². The molecule has 0 bridgehead atoms. The van der Waals surface area contributed by atoms with E-state index in [2.05, 4.69) is 27.1 Å². The predicted molar refractivity (Wildman–Crippen MR) is 95.0 cm³/mol. The van der Waals surface area contributed by atoms with Gasteiger partial charge >= 0.3 is 0 Å². The van der Waals surface area contributed by atoms with Gasteiger partial charge in [0.15, 0.2) is 0 Å². The summed E-state index contributed by atoms with van der Waals surface area (Å²) in [6, 6.07) is 8.07. The van der Waals surface area contributed by atoms with E-state index < -0.39 is 0 Å². The number of aromatic nitrogens is 2. The lowest BCUT2D eigenvalue weighted by Crippen LogP contribution is -2.36. The molecule has 132 valence electrons. The number of piperidine rings is 1. The summed E-state index contributed by atoms with van der Waals surface area (Å²) < 4.78 is 13.7. The van der Waals surface area contributed by atoms with E-state index in [0.717, 1.165) is 25.2 Å². The van der Waals surface area contributed by atoms with Crippen molar-refractivity contribution in [2.24, 2.45) is 5.92 Å². The van der Waals surface area contributed by atoms with Crippen molar-refractivity contribution in [3.63, 3.8) is 0 Å². The Kier molecular flexibility index (Phi) is 5.26. The normalized spacial score (nSPS) is 17.4. The smallest absolute Gasteiger partial charge is 0.270 e. The van der Waals surface area contributed by atoms with Crippen molar-refractivity contribution >= 4 is 11.9 Å². The van der Waals surface area contributed by atoms with Gasteiger partial charge in [0.05, 0.1) is 0 Å². The molecule has 3 rings (SSSR count). The molecule has 0 aliphatic carbocycles. The maximum absolute atomic E-state index is 13.7. The van der Waals surface area contributed by atoms with E-state index in [1.807, 2.05) is 6.92 Å². The summed E-state index contributed by atoms with van der Waals surface area (Å²) in [7, 11) is 0. The molecule has 0 saturated carbocycles. The Balaban J connectivity index is 1.73. The Morgan fingerprint density at radius 2 is 2.16 bits per heavy atom. The summed E-state index contributed by atoms with van der Waals surface area (Å²) in [6.45, 7) is 6.00. The molecular formula is C19H23FN4O. The number of amides is 1. The van der Waals surface area contributed by atoms with Crippen LogP contribution in [0.25, 0.3) is 0 Å². The molecule has 1 fully saturated rings. The molecule has 6 heteroatoms. The second-order valence-electron chi connectivity index (χ2n) is 6.66. The fraction of sp³-hybridized carbons (Fsp3) is 0.421. The first kappa shape index (κ1) is 17.3. The molecule has 2 aromatic rings. The largest absolute Gasteiger partial charge is 0.347 e. The van der Waals surface area contributed by atoms with Crippen LogP contribution in [0.3, 0.4) is 0 Å². The van der Waals surface area contributed by atoms with Gasteiger partial charge in [0, 0.05) is 30.9 Å². The van der Waals surface area contributed by atoms with Gasteiger partial charge in [0.1, 0.15) is 11.5 Å². The van der Waals surface area contributed by atoms with E-state index in [0.29, 0.717) is 23.1 Å². The van der Waals surface area contributed by atoms with E-state index in [9.17, 15) is 9.18 Å². The zero-order valence-corrected chi connectivity index (χ0v) is 14.6. The molecule has 1 aliphatic rings. The van der Waals surface area contributed by atoms with Crippen LogP contribution in [0.15, 0.2) is 30.3 Å². The Morgan fingerprint density at radius 3 is 2.92 bits per heavy atom. The van der Waals surface area contributed by atoms with Crippen molar-refractivity contribution in [3.05, 3.63) is 53.1 Å². The van der Waals surface area contributed by atoms with Crippen LogP contribution in [0.4, 0.5) is 10.3 Å².